The number of piperazine rings is 1. The molecule has 6 heteroatoms. The second-order valence-corrected chi connectivity index (χ2v) is 8.25. The van der Waals surface area contributed by atoms with Crippen molar-refractivity contribution in [1.82, 2.24) is 14.6 Å². The number of hydrogen-bond acceptors (Lipinski definition) is 4. The molecule has 3 heterocycles. The van der Waals surface area contributed by atoms with Gasteiger partial charge in [-0.1, -0.05) is 41.9 Å². The summed E-state index contributed by atoms with van der Waals surface area (Å²) in [5, 5.41) is 5.42. The minimum atomic E-state index is 0.728. The maximum atomic E-state index is 6.06. The van der Waals surface area contributed by atoms with E-state index in [1.165, 1.54) is 11.3 Å². The minimum Gasteiger partial charge on any atom is -0.368 e. The van der Waals surface area contributed by atoms with Crippen LogP contribution in [0.25, 0.3) is 16.8 Å². The molecule has 30 heavy (non-hydrogen) atoms. The van der Waals surface area contributed by atoms with Crippen LogP contribution in [0.5, 0.6) is 0 Å². The molecule has 0 saturated carbocycles. The fraction of sp³-hybridized carbons (Fsp3) is 0.250. The molecule has 0 atom stereocenters. The molecule has 0 radical (unpaired) electrons. The molecule has 152 valence electrons. The number of para-hydroxylation sites is 1. The van der Waals surface area contributed by atoms with Crippen molar-refractivity contribution in [3.8, 4) is 11.1 Å². The first-order chi connectivity index (χ1) is 14.6. The average Bonchev–Trinajstić information content (AvgIpc) is 3.18. The lowest BCUT2D eigenvalue weighted by Crippen LogP contribution is -2.47. The van der Waals surface area contributed by atoms with E-state index < -0.39 is 0 Å². The van der Waals surface area contributed by atoms with Crippen molar-refractivity contribution in [1.29, 1.82) is 0 Å². The monoisotopic (exact) mass is 417 g/mol. The summed E-state index contributed by atoms with van der Waals surface area (Å²) in [6, 6.07) is 18.6. The Bertz CT molecular complexity index is 1190. The lowest BCUT2D eigenvalue weighted by Gasteiger charge is -2.37. The molecule has 5 rings (SSSR count). The highest BCUT2D eigenvalue weighted by atomic mass is 35.5. The Hall–Kier alpha value is -3.05. The first kappa shape index (κ1) is 18.9. The van der Waals surface area contributed by atoms with Crippen LogP contribution in [0.1, 0.15) is 11.3 Å². The van der Waals surface area contributed by atoms with Crippen LogP contribution in [0.3, 0.4) is 0 Å². The number of aromatic nitrogens is 3. The van der Waals surface area contributed by atoms with E-state index in [0.717, 1.165) is 59.5 Å². The van der Waals surface area contributed by atoms with E-state index in [-0.39, 0.29) is 0 Å². The van der Waals surface area contributed by atoms with Crippen LogP contribution < -0.4 is 9.80 Å². The summed E-state index contributed by atoms with van der Waals surface area (Å²) in [5.74, 6) is 1.10. The number of nitrogens with zero attached hydrogens (tertiary/aromatic N) is 5. The van der Waals surface area contributed by atoms with Crippen LogP contribution in [0, 0.1) is 13.8 Å². The van der Waals surface area contributed by atoms with Gasteiger partial charge >= 0.3 is 0 Å². The molecule has 0 aliphatic carbocycles. The van der Waals surface area contributed by atoms with Crippen molar-refractivity contribution in [3.63, 3.8) is 0 Å². The molecule has 1 saturated heterocycles. The normalized spacial score (nSPS) is 14.5. The molecule has 0 N–H and O–H groups in total. The molecule has 2 aromatic heterocycles. The molecule has 1 aliphatic heterocycles. The summed E-state index contributed by atoms with van der Waals surface area (Å²) in [6.45, 7) is 8.09. The summed E-state index contributed by atoms with van der Waals surface area (Å²) in [6.07, 6.45) is 1.90. The molecule has 1 aliphatic rings. The van der Waals surface area contributed by atoms with Gasteiger partial charge in [-0.25, -0.2) is 4.98 Å². The zero-order valence-electron chi connectivity index (χ0n) is 17.2. The van der Waals surface area contributed by atoms with Crippen LogP contribution in [-0.2, 0) is 0 Å². The van der Waals surface area contributed by atoms with E-state index in [4.69, 9.17) is 21.7 Å². The van der Waals surface area contributed by atoms with Gasteiger partial charge in [-0.05, 0) is 43.2 Å². The average molecular weight is 418 g/mol. The SMILES string of the molecule is Cc1cc(N2CCN(c3ccccc3C)CC2)n2ncc(-c3ccc(Cl)cc3)c2n1. The fourth-order valence-electron chi connectivity index (χ4n) is 4.22. The summed E-state index contributed by atoms with van der Waals surface area (Å²) < 4.78 is 1.97. The molecule has 0 spiro atoms. The smallest absolute Gasteiger partial charge is 0.165 e. The van der Waals surface area contributed by atoms with Gasteiger partial charge in [0.05, 0.1) is 6.20 Å². The zero-order valence-corrected chi connectivity index (χ0v) is 18.0. The molecule has 5 nitrogen and oxygen atoms in total. The van der Waals surface area contributed by atoms with Crippen molar-refractivity contribution >= 4 is 28.8 Å². The highest BCUT2D eigenvalue weighted by Crippen LogP contribution is 2.29. The Kier molecular flexibility index (Phi) is 4.83. The maximum Gasteiger partial charge on any atom is 0.165 e. The Morgan fingerprint density at radius 2 is 1.57 bits per heavy atom. The molecule has 4 aromatic rings. The second kappa shape index (κ2) is 7.65. The third-order valence-electron chi connectivity index (χ3n) is 5.80. The molecule has 0 unspecified atom stereocenters. The lowest BCUT2D eigenvalue weighted by atomic mass is 10.1. The van der Waals surface area contributed by atoms with Crippen molar-refractivity contribution in [2.75, 3.05) is 36.0 Å². The first-order valence-electron chi connectivity index (χ1n) is 10.3. The van der Waals surface area contributed by atoms with Crippen molar-refractivity contribution in [3.05, 3.63) is 77.1 Å². The first-order valence-corrected chi connectivity index (χ1v) is 10.6. The number of aryl methyl sites for hydroxylation is 2. The number of fused-ring (bicyclic) bond motifs is 1. The van der Waals surface area contributed by atoms with Gasteiger partial charge in [-0.15, -0.1) is 0 Å². The third kappa shape index (κ3) is 3.39. The summed E-state index contributed by atoms with van der Waals surface area (Å²) in [5.41, 5.74) is 6.63. The van der Waals surface area contributed by atoms with Crippen LogP contribution in [0.2, 0.25) is 5.02 Å². The highest BCUT2D eigenvalue weighted by Gasteiger charge is 2.22. The topological polar surface area (TPSA) is 36.7 Å². The van der Waals surface area contributed by atoms with Gasteiger partial charge in [0, 0.05) is 54.2 Å². The van der Waals surface area contributed by atoms with Gasteiger partial charge in [-0.3, -0.25) is 0 Å². The van der Waals surface area contributed by atoms with E-state index in [1.807, 2.05) is 41.9 Å². The van der Waals surface area contributed by atoms with E-state index >= 15 is 0 Å². The summed E-state index contributed by atoms with van der Waals surface area (Å²) >= 11 is 6.06. The van der Waals surface area contributed by atoms with Gasteiger partial charge in [0.2, 0.25) is 0 Å². The predicted octanol–water partition coefficient (Wildman–Crippen LogP) is 4.99. The Labute approximate surface area is 181 Å². The largest absolute Gasteiger partial charge is 0.368 e. The third-order valence-corrected chi connectivity index (χ3v) is 6.05. The van der Waals surface area contributed by atoms with Crippen LogP contribution in [0.15, 0.2) is 60.8 Å². The quantitative estimate of drug-likeness (QED) is 0.470. The number of anilines is 2. The number of hydrogen-bond donors (Lipinski definition) is 0. The predicted molar refractivity (Wildman–Crippen MR) is 124 cm³/mol. The zero-order chi connectivity index (χ0) is 20.7. The van der Waals surface area contributed by atoms with Crippen LogP contribution >= 0.6 is 11.6 Å². The van der Waals surface area contributed by atoms with Gasteiger partial charge < -0.3 is 9.80 Å². The Morgan fingerprint density at radius 3 is 2.30 bits per heavy atom. The number of rotatable bonds is 3. The Balaban J connectivity index is 1.45. The fourth-order valence-corrected chi connectivity index (χ4v) is 4.34. The second-order valence-electron chi connectivity index (χ2n) is 7.82. The molecule has 1 fully saturated rings. The van der Waals surface area contributed by atoms with Crippen molar-refractivity contribution in [2.24, 2.45) is 0 Å². The standard InChI is InChI=1S/C24H24ClN5/c1-17-5-3-4-6-22(17)28-11-13-29(14-12-28)23-15-18(2)27-24-21(16-26-30(23)24)19-7-9-20(25)10-8-19/h3-10,15-16H,11-14H2,1-2H3. The van der Waals surface area contributed by atoms with Gasteiger partial charge in [0.1, 0.15) is 5.82 Å². The minimum absolute atomic E-state index is 0.728. The van der Waals surface area contributed by atoms with Crippen LogP contribution in [-0.4, -0.2) is 40.8 Å². The number of halogens is 1. The Morgan fingerprint density at radius 1 is 0.867 bits per heavy atom. The molecule has 2 aromatic carbocycles. The van der Waals surface area contributed by atoms with Gasteiger partial charge in [-0.2, -0.15) is 9.61 Å². The lowest BCUT2D eigenvalue weighted by molar-refractivity contribution is 0.637. The van der Waals surface area contributed by atoms with Crippen LogP contribution in [0.4, 0.5) is 11.5 Å². The van der Waals surface area contributed by atoms with E-state index in [0.29, 0.717) is 0 Å². The molecule has 0 bridgehead atoms. The summed E-state index contributed by atoms with van der Waals surface area (Å²) in [4.78, 5) is 9.68. The van der Waals surface area contributed by atoms with Gasteiger partial charge in [0.25, 0.3) is 0 Å². The molecular formula is C24H24ClN5. The van der Waals surface area contributed by atoms with E-state index in [2.05, 4.69) is 47.1 Å². The van der Waals surface area contributed by atoms with E-state index in [9.17, 15) is 0 Å². The number of benzene rings is 2. The van der Waals surface area contributed by atoms with Crippen molar-refractivity contribution in [2.45, 2.75) is 13.8 Å². The summed E-state index contributed by atoms with van der Waals surface area (Å²) in [7, 11) is 0. The molecule has 0 amide bonds. The maximum absolute atomic E-state index is 6.06. The van der Waals surface area contributed by atoms with Crippen molar-refractivity contribution < 1.29 is 0 Å². The van der Waals surface area contributed by atoms with E-state index in [1.54, 1.807) is 0 Å². The molecular weight excluding hydrogens is 394 g/mol. The van der Waals surface area contributed by atoms with Gasteiger partial charge in [0.15, 0.2) is 5.65 Å². The highest BCUT2D eigenvalue weighted by molar-refractivity contribution is 6.30.